The molecule has 1 aromatic rings. The number of ether oxygens (including phenoxy) is 1. The van der Waals surface area contributed by atoms with Crippen molar-refractivity contribution in [3.8, 4) is 0 Å². The summed E-state index contributed by atoms with van der Waals surface area (Å²) >= 11 is 0. The summed E-state index contributed by atoms with van der Waals surface area (Å²) in [5.41, 5.74) is 2.67. The van der Waals surface area contributed by atoms with E-state index in [4.69, 9.17) is 4.74 Å². The van der Waals surface area contributed by atoms with Gasteiger partial charge in [0.05, 0.1) is 6.61 Å². The molecule has 2 heteroatoms. The first-order chi connectivity index (χ1) is 9.63. The van der Waals surface area contributed by atoms with Gasteiger partial charge in [-0.15, -0.1) is 0 Å². The molecule has 1 atom stereocenters. The molecule has 1 unspecified atom stereocenters. The number of rotatable bonds is 10. The van der Waals surface area contributed by atoms with Gasteiger partial charge in [0.25, 0.3) is 0 Å². The average Bonchev–Trinajstić information content (AvgIpc) is 2.44. The van der Waals surface area contributed by atoms with Crippen molar-refractivity contribution < 1.29 is 4.74 Å². The molecule has 0 bridgehead atoms. The van der Waals surface area contributed by atoms with Crippen LogP contribution in [0, 0.1) is 5.92 Å². The van der Waals surface area contributed by atoms with Crippen LogP contribution in [0.5, 0.6) is 0 Å². The zero-order valence-corrected chi connectivity index (χ0v) is 13.6. The second-order valence-electron chi connectivity index (χ2n) is 6.08. The molecule has 0 saturated heterocycles. The molecule has 0 aliphatic carbocycles. The normalized spacial score (nSPS) is 12.8. The van der Waals surface area contributed by atoms with E-state index in [1.54, 1.807) is 0 Å². The molecule has 0 saturated carbocycles. The highest BCUT2D eigenvalue weighted by atomic mass is 16.5. The maximum absolute atomic E-state index is 5.70. The van der Waals surface area contributed by atoms with Crippen molar-refractivity contribution in [2.75, 3.05) is 19.7 Å². The molecule has 0 aromatic heterocycles. The van der Waals surface area contributed by atoms with Gasteiger partial charge in [-0.2, -0.15) is 0 Å². The molecule has 2 nitrogen and oxygen atoms in total. The van der Waals surface area contributed by atoms with Crippen molar-refractivity contribution in [1.29, 1.82) is 0 Å². The Hall–Kier alpha value is -0.860. The second kappa shape index (κ2) is 9.95. The standard InChI is InChI=1S/C18H31NO/c1-5-11-19-13-16(4)18-8-6-17(7-9-18)14-20-12-10-15(2)3/h6-9,15-16,19H,5,10-14H2,1-4H3. The topological polar surface area (TPSA) is 21.3 Å². The molecule has 1 rings (SSSR count). The number of hydrogen-bond acceptors (Lipinski definition) is 2. The fraction of sp³-hybridized carbons (Fsp3) is 0.667. The van der Waals surface area contributed by atoms with E-state index in [2.05, 4.69) is 57.3 Å². The molecule has 0 fully saturated rings. The van der Waals surface area contributed by atoms with Crippen molar-refractivity contribution in [3.05, 3.63) is 35.4 Å². The lowest BCUT2D eigenvalue weighted by atomic mass is 10.00. The van der Waals surface area contributed by atoms with Gasteiger partial charge in [0.1, 0.15) is 0 Å². The minimum Gasteiger partial charge on any atom is -0.377 e. The van der Waals surface area contributed by atoms with Crippen LogP contribution in [0.1, 0.15) is 57.6 Å². The third kappa shape index (κ3) is 7.06. The molecule has 20 heavy (non-hydrogen) atoms. The molecule has 0 aliphatic rings. The highest BCUT2D eigenvalue weighted by Gasteiger charge is 2.04. The van der Waals surface area contributed by atoms with Crippen LogP contribution in [-0.4, -0.2) is 19.7 Å². The molecule has 0 heterocycles. The first-order valence-electron chi connectivity index (χ1n) is 8.00. The van der Waals surface area contributed by atoms with E-state index in [9.17, 15) is 0 Å². The molecule has 0 spiro atoms. The summed E-state index contributed by atoms with van der Waals surface area (Å²) in [5.74, 6) is 1.28. The zero-order valence-electron chi connectivity index (χ0n) is 13.6. The van der Waals surface area contributed by atoms with Crippen LogP contribution < -0.4 is 5.32 Å². The van der Waals surface area contributed by atoms with Crippen LogP contribution in [0.25, 0.3) is 0 Å². The summed E-state index contributed by atoms with van der Waals surface area (Å²) in [4.78, 5) is 0. The Bertz CT molecular complexity index is 345. The van der Waals surface area contributed by atoms with E-state index >= 15 is 0 Å². The van der Waals surface area contributed by atoms with E-state index in [1.807, 2.05) is 0 Å². The lowest BCUT2D eigenvalue weighted by Gasteiger charge is -2.13. The van der Waals surface area contributed by atoms with E-state index in [0.717, 1.165) is 32.7 Å². The first kappa shape index (κ1) is 17.2. The Balaban J connectivity index is 2.32. The summed E-state index contributed by atoms with van der Waals surface area (Å²) in [6.45, 7) is 12.7. The monoisotopic (exact) mass is 277 g/mol. The minimum absolute atomic E-state index is 0.567. The van der Waals surface area contributed by atoms with Crippen LogP contribution in [0.2, 0.25) is 0 Å². The van der Waals surface area contributed by atoms with Gasteiger partial charge in [-0.05, 0) is 42.3 Å². The van der Waals surface area contributed by atoms with Crippen molar-refractivity contribution in [1.82, 2.24) is 5.32 Å². The maximum Gasteiger partial charge on any atom is 0.0716 e. The quantitative estimate of drug-likeness (QED) is 0.642. The Kier molecular flexibility index (Phi) is 8.56. The van der Waals surface area contributed by atoms with Crippen molar-refractivity contribution in [2.45, 2.75) is 53.1 Å². The van der Waals surface area contributed by atoms with Crippen LogP contribution in [0.3, 0.4) is 0 Å². The number of hydrogen-bond donors (Lipinski definition) is 1. The Labute approximate surface area is 124 Å². The summed E-state index contributed by atoms with van der Waals surface area (Å²) in [6.07, 6.45) is 2.33. The van der Waals surface area contributed by atoms with Gasteiger partial charge in [-0.1, -0.05) is 52.0 Å². The lowest BCUT2D eigenvalue weighted by Crippen LogP contribution is -2.20. The number of nitrogens with one attached hydrogen (secondary N) is 1. The van der Waals surface area contributed by atoms with Crippen LogP contribution in [0.15, 0.2) is 24.3 Å². The molecule has 114 valence electrons. The summed E-state index contributed by atoms with van der Waals surface area (Å²) in [7, 11) is 0. The van der Waals surface area contributed by atoms with E-state index < -0.39 is 0 Å². The fourth-order valence-electron chi connectivity index (χ4n) is 2.06. The highest BCUT2D eigenvalue weighted by Crippen LogP contribution is 2.15. The van der Waals surface area contributed by atoms with Gasteiger partial charge < -0.3 is 10.1 Å². The van der Waals surface area contributed by atoms with E-state index in [-0.39, 0.29) is 0 Å². The third-order valence-corrected chi connectivity index (χ3v) is 3.53. The third-order valence-electron chi connectivity index (χ3n) is 3.53. The second-order valence-corrected chi connectivity index (χ2v) is 6.08. The summed E-state index contributed by atoms with van der Waals surface area (Å²) < 4.78 is 5.70. The largest absolute Gasteiger partial charge is 0.377 e. The molecular formula is C18H31NO. The minimum atomic E-state index is 0.567. The van der Waals surface area contributed by atoms with Crippen molar-refractivity contribution in [2.24, 2.45) is 5.92 Å². The van der Waals surface area contributed by atoms with Gasteiger partial charge in [-0.3, -0.25) is 0 Å². The lowest BCUT2D eigenvalue weighted by molar-refractivity contribution is 0.110. The van der Waals surface area contributed by atoms with Gasteiger partial charge in [0, 0.05) is 13.2 Å². The van der Waals surface area contributed by atoms with E-state index in [1.165, 1.54) is 17.5 Å². The number of benzene rings is 1. The molecule has 0 aliphatic heterocycles. The van der Waals surface area contributed by atoms with Gasteiger partial charge >= 0.3 is 0 Å². The Morgan fingerprint density at radius 1 is 1.10 bits per heavy atom. The van der Waals surface area contributed by atoms with Crippen LogP contribution >= 0.6 is 0 Å². The molecule has 1 aromatic carbocycles. The van der Waals surface area contributed by atoms with Crippen LogP contribution in [-0.2, 0) is 11.3 Å². The molecular weight excluding hydrogens is 246 g/mol. The predicted molar refractivity (Wildman–Crippen MR) is 87.1 cm³/mol. The maximum atomic E-state index is 5.70. The summed E-state index contributed by atoms with van der Waals surface area (Å²) in [5, 5.41) is 3.48. The SMILES string of the molecule is CCCNCC(C)c1ccc(COCCC(C)C)cc1. The van der Waals surface area contributed by atoms with Gasteiger partial charge in [-0.25, -0.2) is 0 Å². The molecule has 0 amide bonds. The van der Waals surface area contributed by atoms with Gasteiger partial charge in [0.2, 0.25) is 0 Å². The van der Waals surface area contributed by atoms with Crippen LogP contribution in [0.4, 0.5) is 0 Å². The Morgan fingerprint density at radius 3 is 2.40 bits per heavy atom. The van der Waals surface area contributed by atoms with E-state index in [0.29, 0.717) is 11.8 Å². The Morgan fingerprint density at radius 2 is 1.80 bits per heavy atom. The average molecular weight is 277 g/mol. The first-order valence-corrected chi connectivity index (χ1v) is 8.00. The molecule has 0 radical (unpaired) electrons. The smallest absolute Gasteiger partial charge is 0.0716 e. The van der Waals surface area contributed by atoms with Crippen molar-refractivity contribution in [3.63, 3.8) is 0 Å². The highest BCUT2D eigenvalue weighted by molar-refractivity contribution is 5.24. The van der Waals surface area contributed by atoms with Crippen molar-refractivity contribution >= 4 is 0 Å². The summed E-state index contributed by atoms with van der Waals surface area (Å²) in [6, 6.07) is 8.86. The van der Waals surface area contributed by atoms with Gasteiger partial charge in [0.15, 0.2) is 0 Å². The fourth-order valence-corrected chi connectivity index (χ4v) is 2.06. The molecule has 1 N–H and O–H groups in total. The predicted octanol–water partition coefficient (Wildman–Crippen LogP) is 4.35. The zero-order chi connectivity index (χ0) is 14.8.